The fraction of sp³-hybridized carbons (Fsp3) is 0.500. The summed E-state index contributed by atoms with van der Waals surface area (Å²) in [5.74, 6) is 0.414. The van der Waals surface area contributed by atoms with E-state index in [0.717, 1.165) is 0 Å². The Hall–Kier alpha value is -0.650. The zero-order chi connectivity index (χ0) is 10.9. The smallest absolute Gasteiger partial charge is 0.216 e. The number of rotatable bonds is 1. The minimum atomic E-state index is -2.38. The van der Waals surface area contributed by atoms with Crippen LogP contribution in [0.5, 0.6) is 0 Å². The highest BCUT2D eigenvalue weighted by atomic mass is 32.3. The van der Waals surface area contributed by atoms with Crippen LogP contribution in [0.1, 0.15) is 24.3 Å². The third kappa shape index (κ3) is 2.48. The molecule has 2 N–H and O–H groups in total. The van der Waals surface area contributed by atoms with Gasteiger partial charge in [-0.25, -0.2) is 4.98 Å². The van der Waals surface area contributed by atoms with Gasteiger partial charge in [0.15, 0.2) is 0 Å². The Kier molecular flexibility index (Phi) is 2.95. The zero-order valence-electron chi connectivity index (χ0n) is 8.27. The monoisotopic (exact) mass is 231 g/mol. The van der Waals surface area contributed by atoms with Gasteiger partial charge < -0.3 is 0 Å². The van der Waals surface area contributed by atoms with Gasteiger partial charge in [0.2, 0.25) is 5.95 Å². The maximum absolute atomic E-state index is 13.3. The molecule has 1 aromatic rings. The fourth-order valence-electron chi connectivity index (χ4n) is 1.92. The van der Waals surface area contributed by atoms with Gasteiger partial charge in [0, 0.05) is 23.3 Å². The van der Waals surface area contributed by atoms with E-state index >= 15 is 0 Å². The normalized spacial score (nSPS) is 23.7. The van der Waals surface area contributed by atoms with E-state index in [0.29, 0.717) is 29.9 Å². The summed E-state index contributed by atoms with van der Waals surface area (Å²) >= 11 is 0. The molecule has 15 heavy (non-hydrogen) atoms. The van der Waals surface area contributed by atoms with E-state index in [2.05, 4.69) is 4.98 Å². The minimum absolute atomic E-state index is 0.0821. The highest BCUT2D eigenvalue weighted by Gasteiger charge is 2.26. The van der Waals surface area contributed by atoms with Gasteiger partial charge in [-0.1, -0.05) is 6.07 Å². The molecular formula is C10H14FNO2S. The third-order valence-electron chi connectivity index (χ3n) is 2.81. The van der Waals surface area contributed by atoms with Crippen molar-refractivity contribution in [2.24, 2.45) is 0 Å². The first-order valence-corrected chi connectivity index (χ1v) is 6.81. The van der Waals surface area contributed by atoms with Gasteiger partial charge in [-0.2, -0.15) is 15.0 Å². The molecule has 1 aliphatic rings. The van der Waals surface area contributed by atoms with Gasteiger partial charge in [0.05, 0.1) is 0 Å². The van der Waals surface area contributed by atoms with Crippen molar-refractivity contribution in [3.05, 3.63) is 29.8 Å². The summed E-state index contributed by atoms with van der Waals surface area (Å²) in [5.41, 5.74) is 0.604. The zero-order valence-corrected chi connectivity index (χ0v) is 9.08. The number of hydrogen-bond acceptors (Lipinski definition) is 3. The van der Waals surface area contributed by atoms with E-state index in [1.165, 1.54) is 6.20 Å². The number of halogens is 1. The van der Waals surface area contributed by atoms with Crippen LogP contribution in [0.25, 0.3) is 0 Å². The molecule has 0 unspecified atom stereocenters. The Labute approximate surface area is 89.7 Å². The van der Waals surface area contributed by atoms with Crippen LogP contribution in [0, 0.1) is 5.95 Å². The number of nitrogens with zero attached hydrogens (tertiary/aromatic N) is 1. The lowest BCUT2D eigenvalue weighted by molar-refractivity contribution is 0.449. The highest BCUT2D eigenvalue weighted by Crippen LogP contribution is 2.48. The Morgan fingerprint density at radius 1 is 1.33 bits per heavy atom. The molecule has 1 fully saturated rings. The van der Waals surface area contributed by atoms with E-state index < -0.39 is 16.5 Å². The molecule has 0 bridgehead atoms. The Morgan fingerprint density at radius 2 is 2.00 bits per heavy atom. The van der Waals surface area contributed by atoms with Gasteiger partial charge in [-0.05, 0) is 24.8 Å². The van der Waals surface area contributed by atoms with Crippen LogP contribution in [0.3, 0.4) is 0 Å². The Bertz CT molecular complexity index is 349. The van der Waals surface area contributed by atoms with Crippen molar-refractivity contribution in [2.75, 3.05) is 11.5 Å². The number of aromatic nitrogens is 1. The fourth-order valence-corrected chi connectivity index (χ4v) is 3.45. The average Bonchev–Trinajstić information content (AvgIpc) is 2.19. The second kappa shape index (κ2) is 4.08. The second-order valence-corrected chi connectivity index (χ2v) is 6.29. The summed E-state index contributed by atoms with van der Waals surface area (Å²) in [7, 11) is -2.38. The highest BCUT2D eigenvalue weighted by molar-refractivity contribution is 8.24. The molecule has 0 saturated carbocycles. The predicted octanol–water partition coefficient (Wildman–Crippen LogP) is 2.85. The van der Waals surface area contributed by atoms with Gasteiger partial charge in [-0.3, -0.25) is 9.11 Å². The molecule has 0 spiro atoms. The topological polar surface area (TPSA) is 53.4 Å². The molecular weight excluding hydrogens is 217 g/mol. The van der Waals surface area contributed by atoms with Crippen molar-refractivity contribution in [1.82, 2.24) is 4.98 Å². The van der Waals surface area contributed by atoms with Crippen molar-refractivity contribution in [2.45, 2.75) is 18.8 Å². The molecule has 0 aliphatic carbocycles. The summed E-state index contributed by atoms with van der Waals surface area (Å²) in [6.07, 6.45) is 2.69. The predicted molar refractivity (Wildman–Crippen MR) is 58.8 cm³/mol. The minimum Gasteiger partial charge on any atom is -0.299 e. The first-order valence-electron chi connectivity index (χ1n) is 4.92. The van der Waals surface area contributed by atoms with E-state index in [1.807, 2.05) is 0 Å². The van der Waals surface area contributed by atoms with Crippen molar-refractivity contribution in [1.29, 1.82) is 0 Å². The molecule has 0 amide bonds. The Morgan fingerprint density at radius 3 is 2.60 bits per heavy atom. The van der Waals surface area contributed by atoms with Crippen LogP contribution in [0.4, 0.5) is 4.39 Å². The quantitative estimate of drug-likeness (QED) is 0.731. The summed E-state index contributed by atoms with van der Waals surface area (Å²) in [4.78, 5) is 3.61. The van der Waals surface area contributed by atoms with E-state index in [9.17, 15) is 13.5 Å². The van der Waals surface area contributed by atoms with E-state index in [-0.39, 0.29) is 5.92 Å². The van der Waals surface area contributed by atoms with Gasteiger partial charge in [0.25, 0.3) is 0 Å². The lowest BCUT2D eigenvalue weighted by Gasteiger charge is -2.39. The molecule has 5 heteroatoms. The number of pyridine rings is 1. The van der Waals surface area contributed by atoms with Crippen molar-refractivity contribution >= 4 is 10.6 Å². The van der Waals surface area contributed by atoms with Crippen LogP contribution in [-0.4, -0.2) is 25.6 Å². The number of hydrogen-bond donors (Lipinski definition) is 2. The summed E-state index contributed by atoms with van der Waals surface area (Å²) in [6, 6.07) is 3.44. The average molecular weight is 231 g/mol. The summed E-state index contributed by atoms with van der Waals surface area (Å²) < 4.78 is 32.2. The van der Waals surface area contributed by atoms with Crippen molar-refractivity contribution in [3.63, 3.8) is 0 Å². The molecule has 2 heterocycles. The molecule has 2 rings (SSSR count). The van der Waals surface area contributed by atoms with Crippen LogP contribution in [0.15, 0.2) is 18.3 Å². The maximum Gasteiger partial charge on any atom is 0.216 e. The first kappa shape index (κ1) is 10.9. The first-order chi connectivity index (χ1) is 7.08. The largest absolute Gasteiger partial charge is 0.299 e. The van der Waals surface area contributed by atoms with Gasteiger partial charge in [-0.15, -0.1) is 0 Å². The molecule has 0 aromatic carbocycles. The molecule has 0 atom stereocenters. The molecule has 84 valence electrons. The van der Waals surface area contributed by atoms with Crippen molar-refractivity contribution in [3.8, 4) is 0 Å². The van der Waals surface area contributed by atoms with E-state index in [1.54, 1.807) is 12.1 Å². The Balaban J connectivity index is 2.11. The maximum atomic E-state index is 13.3. The SMILES string of the molecule is OS1(O)CCC(c2cccnc2F)CC1. The van der Waals surface area contributed by atoms with Crippen molar-refractivity contribution < 1.29 is 13.5 Å². The summed E-state index contributed by atoms with van der Waals surface area (Å²) in [5, 5.41) is 0. The van der Waals surface area contributed by atoms with Crippen LogP contribution in [-0.2, 0) is 0 Å². The lowest BCUT2D eigenvalue weighted by Crippen LogP contribution is -2.20. The van der Waals surface area contributed by atoms with Crippen LogP contribution < -0.4 is 0 Å². The third-order valence-corrected chi connectivity index (χ3v) is 4.59. The lowest BCUT2D eigenvalue weighted by atomic mass is 9.95. The van der Waals surface area contributed by atoms with E-state index in [4.69, 9.17) is 0 Å². The second-order valence-electron chi connectivity index (χ2n) is 3.87. The molecule has 1 aliphatic heterocycles. The standard InChI is InChI=1S/C10H14FNO2S/c11-10-9(2-1-5-12-10)8-3-6-15(13,14)7-4-8/h1-2,5,8,13-14H,3-4,6-7H2. The summed E-state index contributed by atoms with van der Waals surface area (Å²) in [6.45, 7) is 0. The molecule has 0 radical (unpaired) electrons. The van der Waals surface area contributed by atoms with Crippen LogP contribution in [0.2, 0.25) is 0 Å². The molecule has 1 saturated heterocycles. The van der Waals surface area contributed by atoms with Gasteiger partial charge >= 0.3 is 0 Å². The molecule has 1 aromatic heterocycles. The van der Waals surface area contributed by atoms with Gasteiger partial charge in [0.1, 0.15) is 0 Å². The van der Waals surface area contributed by atoms with Crippen LogP contribution >= 0.6 is 10.6 Å². The molecule has 3 nitrogen and oxygen atoms in total.